The summed E-state index contributed by atoms with van der Waals surface area (Å²) >= 11 is 0. The maximum atomic E-state index is 12.9. The van der Waals surface area contributed by atoms with Crippen LogP contribution >= 0.6 is 0 Å². The van der Waals surface area contributed by atoms with Crippen LogP contribution in [0.3, 0.4) is 0 Å². The zero-order valence-electron chi connectivity index (χ0n) is 14.4. The third-order valence-corrected chi connectivity index (χ3v) is 7.99. The SMILES string of the molecule is Cc1ccc(S(=O)(=O)N2C[C@H](OS(C)(=O)=O)C[C@H]2C(C)S(=O)(=O)O)cc1. The van der Waals surface area contributed by atoms with Gasteiger partial charge >= 0.3 is 0 Å². The van der Waals surface area contributed by atoms with Gasteiger partial charge in [-0.25, -0.2) is 8.42 Å². The number of aryl methyl sites for hydroxylation is 1. The molecule has 0 bridgehead atoms. The Kier molecular flexibility index (Phi) is 5.86. The van der Waals surface area contributed by atoms with Gasteiger partial charge in [0, 0.05) is 12.6 Å². The molecule has 1 saturated heterocycles. The number of rotatable bonds is 6. The largest absolute Gasteiger partial charge is 0.285 e. The molecule has 1 unspecified atom stereocenters. The second-order valence-corrected chi connectivity index (χ2v) is 11.6. The van der Waals surface area contributed by atoms with E-state index in [4.69, 9.17) is 4.18 Å². The van der Waals surface area contributed by atoms with E-state index in [0.717, 1.165) is 16.1 Å². The van der Waals surface area contributed by atoms with Crippen LogP contribution in [0.25, 0.3) is 0 Å². The van der Waals surface area contributed by atoms with Gasteiger partial charge in [-0.3, -0.25) is 8.74 Å². The quantitative estimate of drug-likeness (QED) is 0.508. The molecule has 0 saturated carbocycles. The molecule has 1 aromatic carbocycles. The predicted octanol–water partition coefficient (Wildman–Crippen LogP) is 0.379. The van der Waals surface area contributed by atoms with Gasteiger partial charge in [-0.2, -0.15) is 21.1 Å². The molecule has 0 amide bonds. The van der Waals surface area contributed by atoms with Crippen molar-refractivity contribution in [1.82, 2.24) is 4.31 Å². The summed E-state index contributed by atoms with van der Waals surface area (Å²) in [4.78, 5) is -0.0596. The van der Waals surface area contributed by atoms with E-state index in [1.165, 1.54) is 19.1 Å². The molecule has 3 atom stereocenters. The lowest BCUT2D eigenvalue weighted by Crippen LogP contribution is -2.44. The Labute approximate surface area is 153 Å². The maximum Gasteiger partial charge on any atom is 0.269 e. The van der Waals surface area contributed by atoms with Crippen molar-refractivity contribution < 1.29 is 34.0 Å². The Morgan fingerprint density at radius 1 is 1.12 bits per heavy atom. The molecule has 1 fully saturated rings. The molecule has 1 heterocycles. The van der Waals surface area contributed by atoms with Gasteiger partial charge in [0.05, 0.1) is 17.3 Å². The summed E-state index contributed by atoms with van der Waals surface area (Å²) in [7, 11) is -12.5. The second kappa shape index (κ2) is 7.17. The lowest BCUT2D eigenvalue weighted by molar-refractivity contribution is 0.224. The molecule has 1 aliphatic heterocycles. The highest BCUT2D eigenvalue weighted by Gasteiger charge is 2.47. The fraction of sp³-hybridized carbons (Fsp3) is 0.571. The minimum absolute atomic E-state index is 0.0596. The molecule has 0 radical (unpaired) electrons. The summed E-state index contributed by atoms with van der Waals surface area (Å²) in [5, 5.41) is -1.45. The van der Waals surface area contributed by atoms with Crippen molar-refractivity contribution in [3.63, 3.8) is 0 Å². The summed E-state index contributed by atoms with van der Waals surface area (Å²) in [6, 6.07) is 4.78. The topological polar surface area (TPSA) is 135 Å². The van der Waals surface area contributed by atoms with Crippen LogP contribution < -0.4 is 0 Å². The zero-order chi connectivity index (χ0) is 19.9. The predicted molar refractivity (Wildman–Crippen MR) is 94.2 cm³/mol. The second-order valence-electron chi connectivity index (χ2n) is 6.33. The third kappa shape index (κ3) is 4.81. The van der Waals surface area contributed by atoms with Crippen LogP contribution in [0.15, 0.2) is 29.2 Å². The van der Waals surface area contributed by atoms with Crippen LogP contribution in [0.5, 0.6) is 0 Å². The van der Waals surface area contributed by atoms with Gasteiger partial charge in [0.2, 0.25) is 10.0 Å². The van der Waals surface area contributed by atoms with Gasteiger partial charge in [0.25, 0.3) is 20.2 Å². The number of sulfonamides is 1. The summed E-state index contributed by atoms with van der Waals surface area (Å²) in [6.07, 6.45) is -0.399. The van der Waals surface area contributed by atoms with Crippen LogP contribution in [-0.2, 0) is 34.4 Å². The molecule has 148 valence electrons. The smallest absolute Gasteiger partial charge is 0.269 e. The van der Waals surface area contributed by atoms with E-state index in [0.29, 0.717) is 0 Å². The van der Waals surface area contributed by atoms with Gasteiger partial charge in [0.1, 0.15) is 5.25 Å². The van der Waals surface area contributed by atoms with Crippen molar-refractivity contribution in [2.75, 3.05) is 12.8 Å². The summed E-state index contributed by atoms with van der Waals surface area (Å²) in [6.45, 7) is 2.61. The standard InChI is InChI=1S/C14H21NO8S3/c1-10-4-6-13(7-5-10)25(18,19)15-9-12(23-24(3,16)17)8-14(15)11(2)26(20,21)22/h4-7,11-12,14H,8-9H2,1-3H3,(H,20,21,22)/t11?,12-,14+/m1/s1. The Balaban J connectivity index is 2.45. The molecule has 0 aliphatic carbocycles. The van der Waals surface area contributed by atoms with E-state index >= 15 is 0 Å². The van der Waals surface area contributed by atoms with Crippen LogP contribution in [0.2, 0.25) is 0 Å². The van der Waals surface area contributed by atoms with E-state index in [-0.39, 0.29) is 17.9 Å². The Bertz CT molecular complexity index is 968. The molecule has 1 N–H and O–H groups in total. The monoisotopic (exact) mass is 427 g/mol. The van der Waals surface area contributed by atoms with Gasteiger partial charge < -0.3 is 0 Å². The highest BCUT2D eigenvalue weighted by atomic mass is 32.2. The Morgan fingerprint density at radius 3 is 2.12 bits per heavy atom. The molecule has 1 aliphatic rings. The van der Waals surface area contributed by atoms with E-state index in [1.807, 2.05) is 0 Å². The fourth-order valence-electron chi connectivity index (χ4n) is 2.86. The zero-order valence-corrected chi connectivity index (χ0v) is 16.9. The summed E-state index contributed by atoms with van der Waals surface area (Å²) in [5.74, 6) is 0. The molecule has 1 aromatic rings. The molecule has 0 aromatic heterocycles. The molecule has 9 nitrogen and oxygen atoms in total. The lowest BCUT2D eigenvalue weighted by atomic mass is 10.1. The van der Waals surface area contributed by atoms with E-state index in [2.05, 4.69) is 0 Å². The summed E-state index contributed by atoms with van der Waals surface area (Å²) in [5.41, 5.74) is 0.839. The third-order valence-electron chi connectivity index (χ3n) is 4.21. The molecule has 2 rings (SSSR count). The number of hydrogen-bond donors (Lipinski definition) is 1. The minimum Gasteiger partial charge on any atom is -0.285 e. The van der Waals surface area contributed by atoms with Crippen molar-refractivity contribution in [2.24, 2.45) is 0 Å². The van der Waals surface area contributed by atoms with Gasteiger partial charge in [-0.15, -0.1) is 0 Å². The first-order chi connectivity index (χ1) is 11.7. The Morgan fingerprint density at radius 2 is 1.65 bits per heavy atom. The van der Waals surface area contributed by atoms with Gasteiger partial charge in [0.15, 0.2) is 0 Å². The van der Waals surface area contributed by atoms with Gasteiger partial charge in [-0.1, -0.05) is 17.7 Å². The van der Waals surface area contributed by atoms with Crippen LogP contribution in [-0.4, -0.2) is 64.3 Å². The molecular weight excluding hydrogens is 406 g/mol. The van der Waals surface area contributed by atoms with Gasteiger partial charge in [-0.05, 0) is 32.4 Å². The first-order valence-corrected chi connectivity index (χ1v) is 12.4. The highest BCUT2D eigenvalue weighted by molar-refractivity contribution is 7.89. The van der Waals surface area contributed by atoms with Crippen molar-refractivity contribution in [1.29, 1.82) is 0 Å². The van der Waals surface area contributed by atoms with Crippen LogP contribution in [0.4, 0.5) is 0 Å². The maximum absolute atomic E-state index is 12.9. The van der Waals surface area contributed by atoms with Crippen molar-refractivity contribution in [3.05, 3.63) is 29.8 Å². The number of benzene rings is 1. The van der Waals surface area contributed by atoms with E-state index in [1.54, 1.807) is 19.1 Å². The average Bonchev–Trinajstić information content (AvgIpc) is 2.88. The lowest BCUT2D eigenvalue weighted by Gasteiger charge is -2.26. The van der Waals surface area contributed by atoms with Crippen molar-refractivity contribution in [3.8, 4) is 0 Å². The van der Waals surface area contributed by atoms with E-state index in [9.17, 15) is 29.8 Å². The molecule has 0 spiro atoms. The molecule has 12 heteroatoms. The fourth-order valence-corrected chi connectivity index (χ4v) is 5.97. The normalized spacial score (nSPS) is 23.8. The van der Waals surface area contributed by atoms with Crippen molar-refractivity contribution >= 4 is 30.3 Å². The van der Waals surface area contributed by atoms with Crippen LogP contribution in [0, 0.1) is 6.92 Å². The minimum atomic E-state index is -4.55. The molecule has 26 heavy (non-hydrogen) atoms. The number of hydrogen-bond acceptors (Lipinski definition) is 7. The Hall–Kier alpha value is -1.05. The first-order valence-electron chi connectivity index (χ1n) is 7.65. The average molecular weight is 428 g/mol. The number of nitrogens with zero attached hydrogens (tertiary/aromatic N) is 1. The highest BCUT2D eigenvalue weighted by Crippen LogP contribution is 2.32. The van der Waals surface area contributed by atoms with Crippen LogP contribution in [0.1, 0.15) is 18.9 Å². The van der Waals surface area contributed by atoms with Crippen molar-refractivity contribution in [2.45, 2.75) is 42.6 Å². The summed E-state index contributed by atoms with van der Waals surface area (Å²) < 4.78 is 86.8. The first kappa shape index (κ1) is 21.3. The molecular formula is C14H21NO8S3. The van der Waals surface area contributed by atoms with E-state index < -0.39 is 47.7 Å².